The van der Waals surface area contributed by atoms with Gasteiger partial charge >= 0.3 is 0 Å². The number of nitrogens with zero attached hydrogens (tertiary/aromatic N) is 2. The first-order valence-corrected chi connectivity index (χ1v) is 4.59. The van der Waals surface area contributed by atoms with Gasteiger partial charge in [-0.3, -0.25) is 9.97 Å². The molecule has 76 valence electrons. The van der Waals surface area contributed by atoms with E-state index in [9.17, 15) is 0 Å². The molecule has 0 aliphatic carbocycles. The molecule has 0 bridgehead atoms. The molecule has 2 heterocycles. The lowest BCUT2D eigenvalue weighted by Crippen LogP contribution is -2.06. The summed E-state index contributed by atoms with van der Waals surface area (Å²) in [6.07, 6.45) is 5.92. The van der Waals surface area contributed by atoms with Crippen molar-refractivity contribution in [2.24, 2.45) is 5.90 Å². The zero-order valence-electron chi connectivity index (χ0n) is 8.13. The molecule has 15 heavy (non-hydrogen) atoms. The van der Waals surface area contributed by atoms with E-state index < -0.39 is 0 Å². The molecule has 2 N–H and O–H groups in total. The Morgan fingerprint density at radius 3 is 2.80 bits per heavy atom. The van der Waals surface area contributed by atoms with Crippen LogP contribution in [0.5, 0.6) is 5.75 Å². The van der Waals surface area contributed by atoms with E-state index in [1.54, 1.807) is 30.7 Å². The van der Waals surface area contributed by atoms with Crippen molar-refractivity contribution in [1.29, 1.82) is 0 Å². The summed E-state index contributed by atoms with van der Waals surface area (Å²) in [5.74, 6) is 5.75. The highest BCUT2D eigenvalue weighted by Crippen LogP contribution is 2.17. The molecule has 0 unspecified atom stereocenters. The first kappa shape index (κ1) is 9.61. The molecule has 0 saturated heterocycles. The molecule has 0 fully saturated rings. The van der Waals surface area contributed by atoms with Gasteiger partial charge in [0.05, 0.1) is 5.69 Å². The van der Waals surface area contributed by atoms with E-state index >= 15 is 0 Å². The Morgan fingerprint density at radius 1 is 1.20 bits per heavy atom. The second-order valence-electron chi connectivity index (χ2n) is 3.10. The molecule has 2 rings (SSSR count). The summed E-state index contributed by atoms with van der Waals surface area (Å²) in [6, 6.07) is 7.46. The summed E-state index contributed by atoms with van der Waals surface area (Å²) in [5.41, 5.74) is 1.89. The highest BCUT2D eigenvalue weighted by Gasteiger charge is 2.04. The lowest BCUT2D eigenvalue weighted by Gasteiger charge is -2.05. The Hall–Kier alpha value is -1.94. The molecule has 0 aromatic carbocycles. The van der Waals surface area contributed by atoms with E-state index in [1.807, 2.05) is 12.1 Å². The molecule has 0 radical (unpaired) electrons. The van der Waals surface area contributed by atoms with Crippen molar-refractivity contribution in [2.45, 2.75) is 6.42 Å². The van der Waals surface area contributed by atoms with E-state index in [4.69, 9.17) is 10.7 Å². The SMILES string of the molecule is NOc1cccnc1Cc1cccnc1. The van der Waals surface area contributed by atoms with Gasteiger partial charge in [0.15, 0.2) is 5.75 Å². The van der Waals surface area contributed by atoms with E-state index in [-0.39, 0.29) is 0 Å². The van der Waals surface area contributed by atoms with E-state index in [0.717, 1.165) is 11.3 Å². The smallest absolute Gasteiger partial charge is 0.168 e. The minimum Gasteiger partial charge on any atom is -0.410 e. The number of aromatic nitrogens is 2. The number of hydrogen-bond donors (Lipinski definition) is 1. The predicted octanol–water partition coefficient (Wildman–Crippen LogP) is 1.32. The minimum absolute atomic E-state index is 0.598. The van der Waals surface area contributed by atoms with Crippen LogP contribution in [0.25, 0.3) is 0 Å². The largest absolute Gasteiger partial charge is 0.410 e. The third-order valence-electron chi connectivity index (χ3n) is 2.07. The first-order valence-electron chi connectivity index (χ1n) is 4.59. The van der Waals surface area contributed by atoms with Gasteiger partial charge in [-0.1, -0.05) is 6.07 Å². The van der Waals surface area contributed by atoms with Crippen LogP contribution in [-0.4, -0.2) is 9.97 Å². The molecule has 0 spiro atoms. The van der Waals surface area contributed by atoms with Crippen LogP contribution in [0, 0.1) is 0 Å². The van der Waals surface area contributed by atoms with Crippen LogP contribution in [-0.2, 0) is 6.42 Å². The number of pyridine rings is 2. The van der Waals surface area contributed by atoms with E-state index in [0.29, 0.717) is 12.2 Å². The zero-order valence-corrected chi connectivity index (χ0v) is 8.13. The molecule has 0 saturated carbocycles. The maximum absolute atomic E-state index is 5.15. The molecule has 4 heteroatoms. The molecular weight excluding hydrogens is 190 g/mol. The van der Waals surface area contributed by atoms with Gasteiger partial charge in [0.1, 0.15) is 0 Å². The fraction of sp³-hybridized carbons (Fsp3) is 0.0909. The van der Waals surface area contributed by atoms with Gasteiger partial charge < -0.3 is 4.84 Å². The fourth-order valence-corrected chi connectivity index (χ4v) is 1.36. The second-order valence-corrected chi connectivity index (χ2v) is 3.10. The summed E-state index contributed by atoms with van der Waals surface area (Å²) >= 11 is 0. The molecule has 0 aliphatic rings. The van der Waals surface area contributed by atoms with E-state index in [1.165, 1.54) is 0 Å². The summed E-state index contributed by atoms with van der Waals surface area (Å²) in [5, 5.41) is 0. The topological polar surface area (TPSA) is 61.0 Å². The number of hydrogen-bond acceptors (Lipinski definition) is 4. The molecule has 2 aromatic heterocycles. The minimum atomic E-state index is 0.598. The average Bonchev–Trinajstić information content (AvgIpc) is 2.31. The first-order chi connectivity index (χ1) is 7.40. The number of rotatable bonds is 3. The zero-order chi connectivity index (χ0) is 10.5. The van der Waals surface area contributed by atoms with Crippen molar-refractivity contribution in [2.75, 3.05) is 0 Å². The normalized spacial score (nSPS) is 9.93. The maximum Gasteiger partial charge on any atom is 0.168 e. The van der Waals surface area contributed by atoms with Gasteiger partial charge in [0.25, 0.3) is 0 Å². The van der Waals surface area contributed by atoms with Crippen molar-refractivity contribution in [3.8, 4) is 5.75 Å². The van der Waals surface area contributed by atoms with Gasteiger partial charge in [-0.15, -0.1) is 0 Å². The van der Waals surface area contributed by atoms with Crippen LogP contribution in [0.1, 0.15) is 11.3 Å². The average molecular weight is 201 g/mol. The maximum atomic E-state index is 5.15. The van der Waals surface area contributed by atoms with Gasteiger partial charge in [-0.25, -0.2) is 0 Å². The monoisotopic (exact) mass is 201 g/mol. The van der Waals surface area contributed by atoms with Gasteiger partial charge in [-0.2, -0.15) is 5.90 Å². The van der Waals surface area contributed by atoms with Crippen LogP contribution in [0.4, 0.5) is 0 Å². The Kier molecular flexibility index (Phi) is 2.90. The van der Waals surface area contributed by atoms with Crippen LogP contribution in [0.15, 0.2) is 42.9 Å². The summed E-state index contributed by atoms with van der Waals surface area (Å²) < 4.78 is 0. The lowest BCUT2D eigenvalue weighted by atomic mass is 10.1. The Morgan fingerprint density at radius 2 is 2.07 bits per heavy atom. The Balaban J connectivity index is 2.24. The van der Waals surface area contributed by atoms with Crippen molar-refractivity contribution in [1.82, 2.24) is 9.97 Å². The van der Waals surface area contributed by atoms with Crippen molar-refractivity contribution in [3.63, 3.8) is 0 Å². The fourth-order valence-electron chi connectivity index (χ4n) is 1.36. The molecule has 0 aliphatic heterocycles. The summed E-state index contributed by atoms with van der Waals surface area (Å²) in [6.45, 7) is 0. The van der Waals surface area contributed by atoms with Crippen LogP contribution in [0.3, 0.4) is 0 Å². The Bertz CT molecular complexity index is 431. The molecule has 0 atom stereocenters. The molecular formula is C11H11N3O. The highest BCUT2D eigenvalue weighted by atomic mass is 16.6. The van der Waals surface area contributed by atoms with E-state index in [2.05, 4.69) is 9.97 Å². The third-order valence-corrected chi connectivity index (χ3v) is 2.07. The second kappa shape index (κ2) is 4.52. The van der Waals surface area contributed by atoms with Crippen molar-refractivity contribution < 1.29 is 4.84 Å². The standard InChI is InChI=1S/C11H11N3O/c12-15-11-4-2-6-14-10(11)7-9-3-1-5-13-8-9/h1-6,8H,7,12H2. The van der Waals surface area contributed by atoms with Crippen LogP contribution in [0.2, 0.25) is 0 Å². The lowest BCUT2D eigenvalue weighted by molar-refractivity contribution is 0.329. The number of nitrogens with two attached hydrogens (primary N) is 1. The van der Waals surface area contributed by atoms with Crippen LogP contribution < -0.4 is 10.7 Å². The summed E-state index contributed by atoms with van der Waals surface area (Å²) in [7, 11) is 0. The highest BCUT2D eigenvalue weighted by molar-refractivity contribution is 5.30. The molecule has 4 nitrogen and oxygen atoms in total. The molecule has 0 amide bonds. The van der Waals surface area contributed by atoms with Crippen molar-refractivity contribution >= 4 is 0 Å². The predicted molar refractivity (Wildman–Crippen MR) is 56.1 cm³/mol. The van der Waals surface area contributed by atoms with Gasteiger partial charge in [-0.05, 0) is 23.8 Å². The molecule has 2 aromatic rings. The van der Waals surface area contributed by atoms with Crippen LogP contribution >= 0.6 is 0 Å². The van der Waals surface area contributed by atoms with Gasteiger partial charge in [0.2, 0.25) is 0 Å². The third kappa shape index (κ3) is 2.30. The summed E-state index contributed by atoms with van der Waals surface area (Å²) in [4.78, 5) is 13.0. The van der Waals surface area contributed by atoms with Gasteiger partial charge in [0, 0.05) is 25.0 Å². The Labute approximate surface area is 87.7 Å². The van der Waals surface area contributed by atoms with Crippen molar-refractivity contribution in [3.05, 3.63) is 54.1 Å². The quantitative estimate of drug-likeness (QED) is 0.761.